The summed E-state index contributed by atoms with van der Waals surface area (Å²) in [5.41, 5.74) is -1.28. The van der Waals surface area contributed by atoms with Crippen molar-refractivity contribution in [3.63, 3.8) is 0 Å². The van der Waals surface area contributed by atoms with Gasteiger partial charge in [-0.05, 0) is 98.2 Å². The van der Waals surface area contributed by atoms with Gasteiger partial charge in [0.25, 0.3) is 0 Å². The van der Waals surface area contributed by atoms with E-state index in [1.165, 1.54) is 0 Å². The van der Waals surface area contributed by atoms with Gasteiger partial charge in [-0.3, -0.25) is 0 Å². The average molecular weight is 787 g/mol. The highest BCUT2D eigenvalue weighted by molar-refractivity contribution is 5.19. The lowest BCUT2D eigenvalue weighted by atomic mass is 9.33. The SMILES string of the molecule is C[C@H](CO)[C@H]1CC[C@@]2(CC[C@]3(C)C(CCC4[C@@]5(C)CC[C@H](O[C@@H]6O[C@H](CO)[C@@H](O)[C@H](O)[C@H]6O[C@@H]6OC[C@@H](O)[C@H](O)[C@H]6O)[C@@](C)(CO)C5CC[C@]43C)[C@H]2O)CO1. The van der Waals surface area contributed by atoms with E-state index in [-0.39, 0.29) is 65.3 Å². The van der Waals surface area contributed by atoms with Crippen molar-refractivity contribution in [3.8, 4) is 0 Å². The number of hydrogen-bond acceptors (Lipinski definition) is 14. The summed E-state index contributed by atoms with van der Waals surface area (Å²) >= 11 is 0. The Morgan fingerprint density at radius 2 is 1.44 bits per heavy atom. The summed E-state index contributed by atoms with van der Waals surface area (Å²) in [6, 6.07) is 0. The highest BCUT2D eigenvalue weighted by atomic mass is 16.8. The summed E-state index contributed by atoms with van der Waals surface area (Å²) in [7, 11) is 0. The van der Waals surface area contributed by atoms with E-state index in [1.54, 1.807) is 0 Å². The van der Waals surface area contributed by atoms with Crippen molar-refractivity contribution in [1.29, 1.82) is 0 Å². The van der Waals surface area contributed by atoms with Crippen LogP contribution in [-0.2, 0) is 23.7 Å². The fourth-order valence-electron chi connectivity index (χ4n) is 13.6. The standard InChI is InChI=1S/C41H70O14/c1-21(16-42)24-8-13-41(20-52-24)15-14-39(4)22(34(41)50)6-7-27-37(2)11-10-28(38(3,19-44)26(37)9-12-40(27,39)5)54-36-33(31(48)30(47)25(17-43)53-36)55-35-32(49)29(46)23(45)18-51-35/h21-36,42-50H,6-20H2,1-5H3/t21-,22?,23-,24-,25-,26?,27?,28+,29+,30-,31+,32-,33-,34-,35+,36+,37+,38+,39-,40-,41-/m1/s1. The molecular weight excluding hydrogens is 716 g/mol. The van der Waals surface area contributed by atoms with Crippen LogP contribution in [0.5, 0.6) is 0 Å². The second-order valence-electron chi connectivity index (χ2n) is 19.9. The molecule has 9 N–H and O–H groups in total. The van der Waals surface area contributed by atoms with Crippen LogP contribution in [0.2, 0.25) is 0 Å². The van der Waals surface area contributed by atoms with Gasteiger partial charge in [-0.1, -0.05) is 34.6 Å². The van der Waals surface area contributed by atoms with Crippen molar-refractivity contribution in [3.05, 3.63) is 0 Å². The van der Waals surface area contributed by atoms with E-state index in [1.807, 2.05) is 6.92 Å². The molecule has 0 bridgehead atoms. The molecule has 0 aromatic carbocycles. The first kappa shape index (κ1) is 42.6. The molecule has 4 aliphatic carbocycles. The predicted octanol–water partition coefficient (Wildman–Crippen LogP) is 0.831. The third-order valence-electron chi connectivity index (χ3n) is 17.5. The number of fused-ring (bicyclic) bond motifs is 5. The lowest BCUT2D eigenvalue weighted by molar-refractivity contribution is -0.372. The number of ether oxygens (including phenoxy) is 5. The van der Waals surface area contributed by atoms with Gasteiger partial charge in [0.15, 0.2) is 12.6 Å². The average Bonchev–Trinajstić information content (AvgIpc) is 3.17. The van der Waals surface area contributed by atoms with Crippen molar-refractivity contribution >= 4 is 0 Å². The fraction of sp³-hybridized carbons (Fsp3) is 1.00. The predicted molar refractivity (Wildman–Crippen MR) is 196 cm³/mol. The normalized spacial score (nSPS) is 56.3. The summed E-state index contributed by atoms with van der Waals surface area (Å²) in [5, 5.41) is 96.2. The van der Waals surface area contributed by atoms with Gasteiger partial charge in [0.1, 0.15) is 42.7 Å². The molecule has 318 valence electrons. The topological polar surface area (TPSA) is 228 Å². The van der Waals surface area contributed by atoms with Crippen molar-refractivity contribution in [2.75, 3.05) is 33.0 Å². The molecule has 55 heavy (non-hydrogen) atoms. The van der Waals surface area contributed by atoms with Crippen molar-refractivity contribution in [2.24, 2.45) is 50.7 Å². The van der Waals surface area contributed by atoms with Gasteiger partial charge < -0.3 is 69.6 Å². The smallest absolute Gasteiger partial charge is 0.187 e. The van der Waals surface area contributed by atoms with Gasteiger partial charge >= 0.3 is 0 Å². The maximum absolute atomic E-state index is 12.3. The van der Waals surface area contributed by atoms with Crippen molar-refractivity contribution in [1.82, 2.24) is 0 Å². The Hall–Kier alpha value is -0.560. The first-order valence-corrected chi connectivity index (χ1v) is 21.0. The molecule has 4 saturated carbocycles. The van der Waals surface area contributed by atoms with E-state index in [0.29, 0.717) is 18.9 Å². The Morgan fingerprint density at radius 3 is 2.09 bits per heavy atom. The van der Waals surface area contributed by atoms with Crippen LogP contribution in [0.25, 0.3) is 0 Å². The molecule has 7 aliphatic rings. The second kappa shape index (κ2) is 15.5. The molecule has 21 atom stereocenters. The Labute approximate surface area is 325 Å². The zero-order valence-electron chi connectivity index (χ0n) is 33.4. The largest absolute Gasteiger partial charge is 0.396 e. The number of hydrogen-bond donors (Lipinski definition) is 9. The van der Waals surface area contributed by atoms with Crippen LogP contribution in [0.1, 0.15) is 98.8 Å². The minimum absolute atomic E-state index is 0.0261. The number of aliphatic hydroxyl groups excluding tert-OH is 9. The Kier molecular flexibility index (Phi) is 12.0. The first-order valence-electron chi connectivity index (χ1n) is 21.0. The minimum Gasteiger partial charge on any atom is -0.396 e. The van der Waals surface area contributed by atoms with E-state index in [9.17, 15) is 46.0 Å². The third kappa shape index (κ3) is 6.59. The lowest BCUT2D eigenvalue weighted by Crippen LogP contribution is -2.69. The summed E-state index contributed by atoms with van der Waals surface area (Å²) < 4.78 is 30.5. The molecular formula is C41H70O14. The first-order chi connectivity index (χ1) is 25.9. The molecule has 14 nitrogen and oxygen atoms in total. The van der Waals surface area contributed by atoms with Crippen LogP contribution in [0.4, 0.5) is 0 Å². The molecule has 0 aromatic rings. The summed E-state index contributed by atoms with van der Waals surface area (Å²) in [6.07, 6.45) is -5.35. The monoisotopic (exact) mass is 786 g/mol. The lowest BCUT2D eigenvalue weighted by Gasteiger charge is -2.73. The molecule has 3 unspecified atom stereocenters. The van der Waals surface area contributed by atoms with Gasteiger partial charge in [0.2, 0.25) is 0 Å². The Morgan fingerprint density at radius 1 is 0.691 bits per heavy atom. The quantitative estimate of drug-likeness (QED) is 0.156. The van der Waals surface area contributed by atoms with Gasteiger partial charge in [0.05, 0.1) is 44.7 Å². The van der Waals surface area contributed by atoms with Gasteiger partial charge in [-0.15, -0.1) is 0 Å². The maximum atomic E-state index is 12.3. The van der Waals surface area contributed by atoms with E-state index in [4.69, 9.17) is 23.7 Å². The highest BCUT2D eigenvalue weighted by Gasteiger charge is 2.70. The maximum Gasteiger partial charge on any atom is 0.187 e. The Bertz CT molecular complexity index is 1330. The summed E-state index contributed by atoms with van der Waals surface area (Å²) in [6.45, 7) is 10.9. The van der Waals surface area contributed by atoms with Crippen LogP contribution in [-0.4, -0.2) is 153 Å². The van der Waals surface area contributed by atoms with Crippen LogP contribution in [0.3, 0.4) is 0 Å². The summed E-state index contributed by atoms with van der Waals surface area (Å²) in [4.78, 5) is 0. The molecule has 1 spiro atoms. The molecule has 0 radical (unpaired) electrons. The van der Waals surface area contributed by atoms with Crippen LogP contribution in [0, 0.1) is 50.7 Å². The van der Waals surface area contributed by atoms with Gasteiger partial charge in [-0.2, -0.15) is 0 Å². The molecule has 3 aliphatic heterocycles. The van der Waals surface area contributed by atoms with Crippen LogP contribution in [0.15, 0.2) is 0 Å². The van der Waals surface area contributed by atoms with Gasteiger partial charge in [-0.25, -0.2) is 0 Å². The molecule has 0 aromatic heterocycles. The highest BCUT2D eigenvalue weighted by Crippen LogP contribution is 2.75. The van der Waals surface area contributed by atoms with Crippen molar-refractivity contribution in [2.45, 2.75) is 172 Å². The second-order valence-corrected chi connectivity index (χ2v) is 19.9. The van der Waals surface area contributed by atoms with E-state index in [2.05, 4.69) is 27.7 Å². The third-order valence-corrected chi connectivity index (χ3v) is 17.5. The molecule has 7 rings (SSSR count). The molecule has 3 heterocycles. The fourth-order valence-corrected chi connectivity index (χ4v) is 13.6. The zero-order chi connectivity index (χ0) is 39.9. The van der Waals surface area contributed by atoms with Crippen molar-refractivity contribution < 1.29 is 69.6 Å². The number of aliphatic hydroxyl groups is 9. The molecule has 14 heteroatoms. The van der Waals surface area contributed by atoms with Crippen LogP contribution >= 0.6 is 0 Å². The van der Waals surface area contributed by atoms with Gasteiger partial charge in [0, 0.05) is 23.4 Å². The van der Waals surface area contributed by atoms with Crippen LogP contribution < -0.4 is 0 Å². The summed E-state index contributed by atoms with van der Waals surface area (Å²) in [5.74, 6) is 0.637. The zero-order valence-corrected chi connectivity index (χ0v) is 33.4. The number of rotatable bonds is 8. The molecule has 3 saturated heterocycles. The molecule has 7 fully saturated rings. The van der Waals surface area contributed by atoms with E-state index in [0.717, 1.165) is 57.8 Å². The van der Waals surface area contributed by atoms with E-state index >= 15 is 0 Å². The minimum atomic E-state index is -1.66. The van der Waals surface area contributed by atoms with E-state index < -0.39 is 79.5 Å². The molecule has 0 amide bonds. The Balaban J connectivity index is 1.10.